The summed E-state index contributed by atoms with van der Waals surface area (Å²) in [5.74, 6) is 0.651. The van der Waals surface area contributed by atoms with Crippen molar-refractivity contribution >= 4 is 28.9 Å². The zero-order valence-corrected chi connectivity index (χ0v) is 21.6. The molecule has 3 heterocycles. The highest BCUT2D eigenvalue weighted by Crippen LogP contribution is 2.34. The molecule has 208 valence electrons. The number of amides is 1. The number of rotatable bonds is 9. The van der Waals surface area contributed by atoms with Crippen molar-refractivity contribution in [2.24, 2.45) is 5.73 Å². The molecule has 0 unspecified atom stereocenters. The maximum Gasteiger partial charge on any atom is 0.401 e. The first-order valence-electron chi connectivity index (χ1n) is 12.7. The van der Waals surface area contributed by atoms with E-state index in [2.05, 4.69) is 20.6 Å². The Labute approximate surface area is 219 Å². The number of alkyl halides is 3. The Kier molecular flexibility index (Phi) is 8.77. The highest BCUT2D eigenvalue weighted by molar-refractivity contribution is 5.96. The van der Waals surface area contributed by atoms with Crippen LogP contribution in [-0.2, 0) is 11.2 Å². The first-order valence-corrected chi connectivity index (χ1v) is 12.7. The monoisotopic (exact) mass is 537 g/mol. The third-order valence-electron chi connectivity index (χ3n) is 6.66. The smallest absolute Gasteiger partial charge is 0.401 e. The van der Waals surface area contributed by atoms with Crippen LogP contribution in [0.5, 0.6) is 5.75 Å². The Morgan fingerprint density at radius 3 is 2.47 bits per heavy atom. The first-order chi connectivity index (χ1) is 18.2. The molecule has 2 aliphatic heterocycles. The third kappa shape index (κ3) is 6.95. The van der Waals surface area contributed by atoms with Crippen LogP contribution in [-0.4, -0.2) is 86.0 Å². The van der Waals surface area contributed by atoms with Crippen LogP contribution in [0.1, 0.15) is 35.9 Å². The molecule has 2 aromatic rings. The maximum atomic E-state index is 12.7. The number of halogens is 3. The van der Waals surface area contributed by atoms with E-state index >= 15 is 0 Å². The van der Waals surface area contributed by atoms with Crippen LogP contribution in [0.25, 0.3) is 0 Å². The minimum Gasteiger partial charge on any atom is -0.495 e. The number of piperazine rings is 1. The minimum atomic E-state index is -4.21. The molecule has 38 heavy (non-hydrogen) atoms. The van der Waals surface area contributed by atoms with Crippen molar-refractivity contribution in [3.8, 4) is 5.75 Å². The third-order valence-corrected chi connectivity index (χ3v) is 6.66. The summed E-state index contributed by atoms with van der Waals surface area (Å²) < 4.78 is 49.2. The lowest BCUT2D eigenvalue weighted by Crippen LogP contribution is -2.49. The summed E-state index contributed by atoms with van der Waals surface area (Å²) in [6.07, 6.45) is -1.96. The summed E-state index contributed by atoms with van der Waals surface area (Å²) in [5.41, 5.74) is 7.68. The van der Waals surface area contributed by atoms with E-state index in [1.807, 2.05) is 17.9 Å². The van der Waals surface area contributed by atoms with Gasteiger partial charge in [0.1, 0.15) is 5.75 Å². The Morgan fingerprint density at radius 1 is 1.16 bits per heavy atom. The van der Waals surface area contributed by atoms with E-state index in [1.54, 1.807) is 12.1 Å². The number of methoxy groups -OCH3 is 1. The molecule has 2 fully saturated rings. The van der Waals surface area contributed by atoms with Gasteiger partial charge in [-0.2, -0.15) is 13.2 Å². The molecule has 2 aliphatic rings. The molecule has 0 saturated carbocycles. The van der Waals surface area contributed by atoms with Crippen molar-refractivity contribution in [2.45, 2.75) is 38.4 Å². The molecule has 1 aromatic heterocycles. The lowest BCUT2D eigenvalue weighted by molar-refractivity contribution is -0.146. The summed E-state index contributed by atoms with van der Waals surface area (Å²) in [6, 6.07) is 5.57. The number of carbonyl (C=O) groups is 1. The number of carbonyl (C=O) groups excluding carboxylic acids is 1. The molecular formula is C25H34F3N7O3. The maximum absolute atomic E-state index is 12.7. The minimum absolute atomic E-state index is 0.0307. The standard InChI is InChI=1S/C25H34F3N7O3/c1-3-18-23(30-16-6-12-38-13-7-16)33-24(21(32-18)22(29)36)31-17-4-5-19(20(14-17)37-2)35-10-8-34(9-11-35)15-25(26,27)28/h4-5,14,16H,3,6-13,15H2,1-2H3,(H2,29,36)(H2,30,31,33). The number of nitrogens with one attached hydrogen (secondary N) is 2. The Balaban J connectivity index is 1.54. The number of aryl methyl sites for hydroxylation is 1. The van der Waals surface area contributed by atoms with Gasteiger partial charge in [0.05, 0.1) is 25.0 Å². The van der Waals surface area contributed by atoms with E-state index in [0.717, 1.165) is 18.5 Å². The number of anilines is 4. The van der Waals surface area contributed by atoms with Gasteiger partial charge < -0.3 is 30.7 Å². The summed E-state index contributed by atoms with van der Waals surface area (Å²) >= 11 is 0. The predicted octanol–water partition coefficient (Wildman–Crippen LogP) is 3.17. The van der Waals surface area contributed by atoms with Crippen molar-refractivity contribution in [2.75, 3.05) is 68.6 Å². The molecule has 2 saturated heterocycles. The molecule has 4 rings (SSSR count). The van der Waals surface area contributed by atoms with Gasteiger partial charge in [0, 0.05) is 57.2 Å². The summed E-state index contributed by atoms with van der Waals surface area (Å²) in [5, 5.41) is 6.58. The topological polar surface area (TPSA) is 118 Å². The number of benzene rings is 1. The quantitative estimate of drug-likeness (QED) is 0.443. The molecule has 0 spiro atoms. The zero-order chi connectivity index (χ0) is 27.3. The van der Waals surface area contributed by atoms with E-state index in [-0.39, 0.29) is 17.6 Å². The SMILES string of the molecule is CCc1nc(C(N)=O)c(Nc2ccc(N3CCN(CC(F)(F)F)CC3)c(OC)c2)nc1NC1CCOCC1. The van der Waals surface area contributed by atoms with Gasteiger partial charge in [-0.15, -0.1) is 0 Å². The number of primary amides is 1. The highest BCUT2D eigenvalue weighted by atomic mass is 19.4. The van der Waals surface area contributed by atoms with Crippen molar-refractivity contribution in [1.82, 2.24) is 14.9 Å². The van der Waals surface area contributed by atoms with E-state index < -0.39 is 18.6 Å². The number of ether oxygens (including phenoxy) is 2. The van der Waals surface area contributed by atoms with Crippen molar-refractivity contribution in [1.29, 1.82) is 0 Å². The second-order valence-electron chi connectivity index (χ2n) is 9.35. The van der Waals surface area contributed by atoms with Crippen molar-refractivity contribution < 1.29 is 27.4 Å². The number of hydrogen-bond acceptors (Lipinski definition) is 9. The Bertz CT molecular complexity index is 1120. The van der Waals surface area contributed by atoms with E-state index in [4.69, 9.17) is 15.2 Å². The molecule has 0 radical (unpaired) electrons. The lowest BCUT2D eigenvalue weighted by atomic mass is 10.1. The Hall–Kier alpha value is -3.32. The van der Waals surface area contributed by atoms with Crippen LogP contribution in [0, 0.1) is 0 Å². The number of nitrogens with zero attached hydrogens (tertiary/aromatic N) is 4. The van der Waals surface area contributed by atoms with Crippen molar-refractivity contribution in [3.05, 3.63) is 29.6 Å². The molecule has 1 aromatic carbocycles. The highest BCUT2D eigenvalue weighted by Gasteiger charge is 2.32. The fourth-order valence-corrected chi connectivity index (χ4v) is 4.68. The summed E-state index contributed by atoms with van der Waals surface area (Å²) in [6.45, 7) is 3.84. The van der Waals surface area contributed by atoms with Gasteiger partial charge in [-0.3, -0.25) is 9.69 Å². The van der Waals surface area contributed by atoms with Gasteiger partial charge >= 0.3 is 6.18 Å². The van der Waals surface area contributed by atoms with Gasteiger partial charge in [-0.1, -0.05) is 6.92 Å². The second-order valence-corrected chi connectivity index (χ2v) is 9.35. The van der Waals surface area contributed by atoms with Crippen LogP contribution in [0.15, 0.2) is 18.2 Å². The average Bonchev–Trinajstić information content (AvgIpc) is 2.89. The Morgan fingerprint density at radius 2 is 1.87 bits per heavy atom. The van der Waals surface area contributed by atoms with Gasteiger partial charge in [0.2, 0.25) is 0 Å². The normalized spacial score (nSPS) is 17.3. The second kappa shape index (κ2) is 12.0. The predicted molar refractivity (Wildman–Crippen MR) is 138 cm³/mol. The van der Waals surface area contributed by atoms with Crippen LogP contribution < -0.4 is 26.0 Å². The summed E-state index contributed by atoms with van der Waals surface area (Å²) in [7, 11) is 1.53. The van der Waals surface area contributed by atoms with Crippen molar-refractivity contribution in [3.63, 3.8) is 0 Å². The van der Waals surface area contributed by atoms with Crippen LogP contribution in [0.3, 0.4) is 0 Å². The van der Waals surface area contributed by atoms with Gasteiger partial charge in [0.15, 0.2) is 17.3 Å². The van der Waals surface area contributed by atoms with E-state index in [1.165, 1.54) is 12.0 Å². The zero-order valence-electron chi connectivity index (χ0n) is 21.6. The van der Waals surface area contributed by atoms with Crippen LogP contribution in [0.2, 0.25) is 0 Å². The summed E-state index contributed by atoms with van der Waals surface area (Å²) in [4.78, 5) is 24.8. The van der Waals surface area contributed by atoms with Gasteiger partial charge in [-0.05, 0) is 31.4 Å². The molecule has 0 aliphatic carbocycles. The molecule has 0 atom stereocenters. The number of aromatic nitrogens is 2. The fourth-order valence-electron chi connectivity index (χ4n) is 4.68. The van der Waals surface area contributed by atoms with Crippen LogP contribution in [0.4, 0.5) is 36.2 Å². The van der Waals surface area contributed by atoms with Gasteiger partial charge in [-0.25, -0.2) is 9.97 Å². The number of hydrogen-bond donors (Lipinski definition) is 3. The number of nitrogens with two attached hydrogens (primary N) is 1. The van der Waals surface area contributed by atoms with Crippen LogP contribution >= 0.6 is 0 Å². The average molecular weight is 538 g/mol. The fraction of sp³-hybridized carbons (Fsp3) is 0.560. The largest absolute Gasteiger partial charge is 0.495 e. The van der Waals surface area contributed by atoms with E-state index in [9.17, 15) is 18.0 Å². The van der Waals surface area contributed by atoms with Gasteiger partial charge in [0.25, 0.3) is 5.91 Å². The molecule has 1 amide bonds. The van der Waals surface area contributed by atoms with E-state index in [0.29, 0.717) is 68.8 Å². The first kappa shape index (κ1) is 27.7. The molecule has 13 heteroatoms. The molecule has 0 bridgehead atoms. The molecule has 4 N–H and O–H groups in total. The molecule has 10 nitrogen and oxygen atoms in total. The lowest BCUT2D eigenvalue weighted by Gasteiger charge is -2.36. The molecular weight excluding hydrogens is 503 g/mol.